The van der Waals surface area contributed by atoms with E-state index in [0.717, 1.165) is 18.6 Å². The summed E-state index contributed by atoms with van der Waals surface area (Å²) in [5, 5.41) is 14.5. The van der Waals surface area contributed by atoms with Gasteiger partial charge in [-0.1, -0.05) is 54.6 Å². The molecule has 3 rings (SSSR count). The second kappa shape index (κ2) is 14.1. The van der Waals surface area contributed by atoms with Gasteiger partial charge in [-0.2, -0.15) is 12.6 Å². The summed E-state index contributed by atoms with van der Waals surface area (Å²) in [7, 11) is -4.37. The Labute approximate surface area is 237 Å². The molecule has 0 aliphatic heterocycles. The first-order valence-corrected chi connectivity index (χ1v) is 14.4. The summed E-state index contributed by atoms with van der Waals surface area (Å²) >= 11 is 4.49. The van der Waals surface area contributed by atoms with E-state index in [9.17, 15) is 32.3 Å². The van der Waals surface area contributed by atoms with E-state index < -0.39 is 33.8 Å². The van der Waals surface area contributed by atoms with Crippen LogP contribution in [-0.4, -0.2) is 55.7 Å². The predicted molar refractivity (Wildman–Crippen MR) is 152 cm³/mol. The van der Waals surface area contributed by atoms with Crippen molar-refractivity contribution in [2.75, 3.05) is 13.1 Å². The van der Waals surface area contributed by atoms with E-state index in [-0.39, 0.29) is 45.7 Å². The molecule has 4 N–H and O–H groups in total. The van der Waals surface area contributed by atoms with E-state index in [4.69, 9.17) is 0 Å². The molecule has 0 fully saturated rings. The Hall–Kier alpha value is -3.74. The van der Waals surface area contributed by atoms with Crippen LogP contribution in [0.25, 0.3) is 11.1 Å². The number of hydrogen-bond acceptors (Lipinski definition) is 7. The lowest BCUT2D eigenvalue weighted by molar-refractivity contribution is -0.126. The summed E-state index contributed by atoms with van der Waals surface area (Å²) in [6.45, 7) is 1.44. The van der Waals surface area contributed by atoms with Crippen LogP contribution in [0.1, 0.15) is 29.3 Å². The number of nitrogens with one attached hydrogen (secondary N) is 3. The average Bonchev–Trinajstić information content (AvgIpc) is 2.92. The summed E-state index contributed by atoms with van der Waals surface area (Å²) in [5.74, 6) is -3.04. The second-order valence-corrected chi connectivity index (χ2v) is 11.4. The zero-order chi connectivity index (χ0) is 29.3. The average molecular weight is 588 g/mol. The van der Waals surface area contributed by atoms with Crippen molar-refractivity contribution in [2.45, 2.75) is 36.0 Å². The Balaban J connectivity index is 1.58. The maximum absolute atomic E-state index is 14.9. The Morgan fingerprint density at radius 1 is 0.975 bits per heavy atom. The highest BCUT2D eigenvalue weighted by molar-refractivity contribution is 7.90. The minimum atomic E-state index is -4.37. The summed E-state index contributed by atoms with van der Waals surface area (Å²) in [6.07, 6.45) is -0.882. The lowest BCUT2D eigenvalue weighted by Crippen LogP contribution is -2.37. The van der Waals surface area contributed by atoms with Crippen molar-refractivity contribution in [1.29, 1.82) is 0 Å². The fraction of sp³-hybridized carbons (Fsp3) is 0.250. The molecular formula is C28H30FN3O6S2. The van der Waals surface area contributed by atoms with Crippen LogP contribution < -0.4 is 15.4 Å². The van der Waals surface area contributed by atoms with Crippen molar-refractivity contribution in [3.63, 3.8) is 0 Å². The smallest absolute Gasteiger partial charge is 0.264 e. The minimum Gasteiger partial charge on any atom is -0.384 e. The molecule has 0 aliphatic carbocycles. The number of benzene rings is 3. The number of aliphatic hydroxyl groups excluding tert-OH is 1. The number of carbonyl (C=O) groups is 3. The van der Waals surface area contributed by atoms with Crippen molar-refractivity contribution >= 4 is 40.4 Å². The van der Waals surface area contributed by atoms with Gasteiger partial charge in [0, 0.05) is 30.3 Å². The van der Waals surface area contributed by atoms with Crippen LogP contribution in [-0.2, 0) is 26.0 Å². The van der Waals surface area contributed by atoms with Gasteiger partial charge in [-0.3, -0.25) is 14.4 Å². The third-order valence-corrected chi connectivity index (χ3v) is 7.57. The molecule has 0 heterocycles. The number of thiol groups is 1. The van der Waals surface area contributed by atoms with Crippen LogP contribution in [0.4, 0.5) is 4.39 Å². The van der Waals surface area contributed by atoms with Crippen LogP contribution in [0, 0.1) is 5.82 Å². The Morgan fingerprint density at radius 3 is 2.33 bits per heavy atom. The summed E-state index contributed by atoms with van der Waals surface area (Å²) in [4.78, 5) is 36.1. The van der Waals surface area contributed by atoms with E-state index in [1.54, 1.807) is 4.72 Å². The molecule has 0 aromatic heterocycles. The zero-order valence-electron chi connectivity index (χ0n) is 21.6. The van der Waals surface area contributed by atoms with Crippen LogP contribution in [0.2, 0.25) is 0 Å². The molecule has 0 spiro atoms. The quantitative estimate of drug-likeness (QED) is 0.206. The molecular weight excluding hydrogens is 557 g/mol. The highest BCUT2D eigenvalue weighted by Crippen LogP contribution is 2.28. The summed E-state index contributed by atoms with van der Waals surface area (Å²) in [6, 6.07) is 18.9. The largest absolute Gasteiger partial charge is 0.384 e. The number of sulfonamides is 1. The van der Waals surface area contributed by atoms with Gasteiger partial charge < -0.3 is 15.7 Å². The van der Waals surface area contributed by atoms with Gasteiger partial charge in [-0.05, 0) is 42.7 Å². The van der Waals surface area contributed by atoms with E-state index in [1.807, 2.05) is 30.3 Å². The third-order valence-electron chi connectivity index (χ3n) is 5.80. The first-order chi connectivity index (χ1) is 19.0. The number of amides is 3. The molecule has 0 bridgehead atoms. The number of carbonyl (C=O) groups excluding carboxylic acids is 3. The maximum Gasteiger partial charge on any atom is 0.264 e. The molecule has 2 atom stereocenters. The van der Waals surface area contributed by atoms with Crippen LogP contribution in [0.3, 0.4) is 0 Å². The number of rotatable bonds is 12. The van der Waals surface area contributed by atoms with Gasteiger partial charge >= 0.3 is 0 Å². The molecule has 9 nitrogen and oxygen atoms in total. The number of hydrogen-bond donors (Lipinski definition) is 5. The SMILES string of the molecule is C[C@H](O)C(=O)NS(=O)(=O)c1ccccc1-c1ccc(C(=O)NCCC(=O)NC[C@H](S)Cc2ccccc2)c(F)c1. The van der Waals surface area contributed by atoms with Gasteiger partial charge in [-0.15, -0.1) is 0 Å². The van der Waals surface area contributed by atoms with Crippen molar-refractivity contribution in [2.24, 2.45) is 0 Å². The fourth-order valence-electron chi connectivity index (χ4n) is 3.74. The van der Waals surface area contributed by atoms with Gasteiger partial charge in [0.05, 0.1) is 10.5 Å². The molecule has 3 aromatic rings. The van der Waals surface area contributed by atoms with Crippen LogP contribution >= 0.6 is 12.6 Å². The zero-order valence-corrected chi connectivity index (χ0v) is 23.3. The maximum atomic E-state index is 14.9. The molecule has 3 aromatic carbocycles. The lowest BCUT2D eigenvalue weighted by atomic mass is 10.0. The Bertz CT molecular complexity index is 1470. The van der Waals surface area contributed by atoms with Crippen molar-refractivity contribution in [1.82, 2.24) is 15.4 Å². The van der Waals surface area contributed by atoms with E-state index in [0.29, 0.717) is 13.0 Å². The molecule has 12 heteroatoms. The van der Waals surface area contributed by atoms with Gasteiger partial charge in [-0.25, -0.2) is 17.5 Å². The van der Waals surface area contributed by atoms with Gasteiger partial charge in [0.25, 0.3) is 21.8 Å². The van der Waals surface area contributed by atoms with Crippen LogP contribution in [0.15, 0.2) is 77.7 Å². The lowest BCUT2D eigenvalue weighted by Gasteiger charge is -2.14. The minimum absolute atomic E-state index is 0.0132. The molecule has 0 saturated heterocycles. The van der Waals surface area contributed by atoms with Crippen molar-refractivity contribution < 1.29 is 32.3 Å². The standard InChI is InChI=1S/C28H30FN3O6S2/c1-18(33)27(35)32-40(37,38)25-10-6-5-9-22(25)20-11-12-23(24(29)16-20)28(36)30-14-13-26(34)31-17-21(39)15-19-7-3-2-4-8-19/h2-12,16,18,21,33,39H,13-15,17H2,1H3,(H,30,36)(H,31,34)(H,32,35)/t18-,21+/m0/s1. The fourth-order valence-corrected chi connectivity index (χ4v) is 5.32. The molecule has 0 radical (unpaired) electrons. The molecule has 40 heavy (non-hydrogen) atoms. The molecule has 212 valence electrons. The van der Waals surface area contributed by atoms with Gasteiger partial charge in [0.2, 0.25) is 5.91 Å². The van der Waals surface area contributed by atoms with E-state index in [2.05, 4.69) is 23.3 Å². The van der Waals surface area contributed by atoms with E-state index in [1.165, 1.54) is 36.4 Å². The van der Waals surface area contributed by atoms with Crippen LogP contribution in [0.5, 0.6) is 0 Å². The number of aliphatic hydroxyl groups is 1. The topological polar surface area (TPSA) is 142 Å². The van der Waals surface area contributed by atoms with Gasteiger partial charge in [0.1, 0.15) is 11.9 Å². The monoisotopic (exact) mass is 587 g/mol. The summed E-state index contributed by atoms with van der Waals surface area (Å²) < 4.78 is 42.1. The second-order valence-electron chi connectivity index (χ2n) is 8.99. The van der Waals surface area contributed by atoms with Crippen molar-refractivity contribution in [3.05, 3.63) is 89.7 Å². The predicted octanol–water partition coefficient (Wildman–Crippen LogP) is 2.46. The first kappa shape index (κ1) is 30.8. The third kappa shape index (κ3) is 8.63. The Kier molecular flexibility index (Phi) is 10.8. The highest BCUT2D eigenvalue weighted by Gasteiger charge is 2.24. The molecule has 0 saturated carbocycles. The highest BCUT2D eigenvalue weighted by atomic mass is 32.2. The molecule has 0 unspecified atom stereocenters. The molecule has 0 aliphatic rings. The van der Waals surface area contributed by atoms with E-state index >= 15 is 0 Å². The Morgan fingerprint density at radius 2 is 1.65 bits per heavy atom. The van der Waals surface area contributed by atoms with Gasteiger partial charge in [0.15, 0.2) is 0 Å². The molecule has 3 amide bonds. The van der Waals surface area contributed by atoms with Crippen molar-refractivity contribution in [3.8, 4) is 11.1 Å². The summed E-state index contributed by atoms with van der Waals surface area (Å²) in [5.41, 5.74) is 1.05. The normalized spacial score (nSPS) is 12.7. The number of halogens is 1. The first-order valence-electron chi connectivity index (χ1n) is 12.4.